The smallest absolute Gasteiger partial charge is 0.222 e. The van der Waals surface area contributed by atoms with Gasteiger partial charge in [0.2, 0.25) is 5.91 Å². The summed E-state index contributed by atoms with van der Waals surface area (Å²) in [5, 5.41) is 1.25. The van der Waals surface area contributed by atoms with E-state index in [0.29, 0.717) is 6.42 Å². The minimum atomic E-state index is -0.202. The van der Waals surface area contributed by atoms with Crippen LogP contribution >= 0.6 is 0 Å². The molecule has 4 rings (SSSR count). The number of hydrogen-bond donors (Lipinski definition) is 1. The Bertz CT molecular complexity index is 926. The van der Waals surface area contributed by atoms with E-state index in [2.05, 4.69) is 34.3 Å². The molecule has 1 aliphatic heterocycles. The van der Waals surface area contributed by atoms with Gasteiger partial charge in [0.15, 0.2) is 0 Å². The summed E-state index contributed by atoms with van der Waals surface area (Å²) >= 11 is 0. The molecule has 28 heavy (non-hydrogen) atoms. The maximum Gasteiger partial charge on any atom is 0.222 e. The van der Waals surface area contributed by atoms with Crippen molar-refractivity contribution in [3.63, 3.8) is 0 Å². The predicted molar refractivity (Wildman–Crippen MR) is 109 cm³/mol. The highest BCUT2D eigenvalue weighted by molar-refractivity contribution is 5.83. The fourth-order valence-corrected chi connectivity index (χ4v) is 3.93. The van der Waals surface area contributed by atoms with Crippen LogP contribution in [0.4, 0.5) is 4.39 Å². The molecule has 0 unspecified atom stereocenters. The van der Waals surface area contributed by atoms with Crippen molar-refractivity contribution in [3.05, 3.63) is 71.7 Å². The van der Waals surface area contributed by atoms with Crippen LogP contribution in [-0.2, 0) is 17.8 Å². The summed E-state index contributed by atoms with van der Waals surface area (Å²) < 4.78 is 13.0. The molecule has 1 amide bonds. The molecular weight excluding hydrogens is 353 g/mol. The van der Waals surface area contributed by atoms with Crippen molar-refractivity contribution in [1.29, 1.82) is 0 Å². The number of aryl methyl sites for hydroxylation is 1. The number of carbonyl (C=O) groups excluding carboxylic acids is 1. The van der Waals surface area contributed by atoms with Crippen molar-refractivity contribution in [2.45, 2.75) is 25.8 Å². The Morgan fingerprint density at radius 1 is 1.00 bits per heavy atom. The molecule has 0 radical (unpaired) electrons. The van der Waals surface area contributed by atoms with Crippen LogP contribution in [0.3, 0.4) is 0 Å². The van der Waals surface area contributed by atoms with E-state index in [0.717, 1.165) is 56.6 Å². The lowest BCUT2D eigenvalue weighted by atomic mass is 10.1. The molecular formula is C23H26FN3O. The number of aromatic amines is 1. The summed E-state index contributed by atoms with van der Waals surface area (Å²) in [4.78, 5) is 20.2. The van der Waals surface area contributed by atoms with Crippen LogP contribution in [0, 0.1) is 5.82 Å². The first-order valence-electron chi connectivity index (χ1n) is 9.98. The first-order valence-corrected chi connectivity index (χ1v) is 9.98. The number of para-hydroxylation sites is 1. The number of nitrogens with zero attached hydrogens (tertiary/aromatic N) is 2. The number of carbonyl (C=O) groups is 1. The van der Waals surface area contributed by atoms with E-state index in [1.807, 2.05) is 23.1 Å². The van der Waals surface area contributed by atoms with Gasteiger partial charge in [-0.1, -0.05) is 30.3 Å². The lowest BCUT2D eigenvalue weighted by Crippen LogP contribution is -2.48. The molecule has 1 fully saturated rings. The van der Waals surface area contributed by atoms with Crippen LogP contribution in [-0.4, -0.2) is 46.9 Å². The van der Waals surface area contributed by atoms with Gasteiger partial charge in [-0.15, -0.1) is 0 Å². The Balaban J connectivity index is 1.21. The average Bonchev–Trinajstić information content (AvgIpc) is 3.13. The minimum absolute atomic E-state index is 0.202. The van der Waals surface area contributed by atoms with Crippen LogP contribution in [0.5, 0.6) is 0 Å². The molecule has 0 atom stereocenters. The largest absolute Gasteiger partial charge is 0.361 e. The topological polar surface area (TPSA) is 39.3 Å². The third kappa shape index (κ3) is 4.42. The summed E-state index contributed by atoms with van der Waals surface area (Å²) in [7, 11) is 0. The molecule has 0 saturated carbocycles. The zero-order valence-electron chi connectivity index (χ0n) is 16.0. The van der Waals surface area contributed by atoms with Gasteiger partial charge in [0.05, 0.1) is 0 Å². The van der Waals surface area contributed by atoms with Crippen molar-refractivity contribution in [1.82, 2.24) is 14.8 Å². The minimum Gasteiger partial charge on any atom is -0.361 e. The number of nitrogens with one attached hydrogen (secondary N) is 1. The number of rotatable bonds is 6. The molecule has 2 aromatic carbocycles. The molecule has 0 spiro atoms. The third-order valence-corrected chi connectivity index (χ3v) is 5.56. The number of benzene rings is 2. The molecule has 1 aromatic heterocycles. The maximum absolute atomic E-state index is 13.0. The highest BCUT2D eigenvalue weighted by Gasteiger charge is 2.20. The number of amides is 1. The molecule has 1 saturated heterocycles. The van der Waals surface area contributed by atoms with Gasteiger partial charge in [0.25, 0.3) is 0 Å². The zero-order valence-corrected chi connectivity index (χ0v) is 16.0. The Labute approximate surface area is 165 Å². The normalized spacial score (nSPS) is 15.2. The lowest BCUT2D eigenvalue weighted by molar-refractivity contribution is -0.133. The summed E-state index contributed by atoms with van der Waals surface area (Å²) in [5.74, 6) is 0.0491. The van der Waals surface area contributed by atoms with Crippen molar-refractivity contribution in [2.75, 3.05) is 26.2 Å². The van der Waals surface area contributed by atoms with Gasteiger partial charge < -0.3 is 9.88 Å². The fraction of sp³-hybridized carbons (Fsp3) is 0.348. The van der Waals surface area contributed by atoms with Crippen LogP contribution in [0.2, 0.25) is 0 Å². The van der Waals surface area contributed by atoms with Crippen molar-refractivity contribution < 1.29 is 9.18 Å². The van der Waals surface area contributed by atoms with Gasteiger partial charge in [0, 0.05) is 56.2 Å². The molecule has 1 aliphatic rings. The van der Waals surface area contributed by atoms with Gasteiger partial charge in [-0.25, -0.2) is 4.39 Å². The molecule has 1 N–H and O–H groups in total. The molecule has 0 aliphatic carbocycles. The second kappa shape index (κ2) is 8.57. The number of aromatic nitrogens is 1. The van der Waals surface area contributed by atoms with E-state index in [9.17, 15) is 9.18 Å². The third-order valence-electron chi connectivity index (χ3n) is 5.56. The highest BCUT2D eigenvalue weighted by atomic mass is 19.1. The van der Waals surface area contributed by atoms with Gasteiger partial charge in [-0.05, 0) is 42.2 Å². The molecule has 3 aromatic rings. The number of H-pyrrole nitrogens is 1. The highest BCUT2D eigenvalue weighted by Crippen LogP contribution is 2.20. The number of fused-ring (bicyclic) bond motifs is 1. The molecule has 4 nitrogen and oxygen atoms in total. The fourth-order valence-electron chi connectivity index (χ4n) is 3.93. The van der Waals surface area contributed by atoms with Crippen LogP contribution < -0.4 is 0 Å². The monoisotopic (exact) mass is 379 g/mol. The van der Waals surface area contributed by atoms with Crippen molar-refractivity contribution in [2.24, 2.45) is 0 Å². The zero-order chi connectivity index (χ0) is 19.3. The Morgan fingerprint density at radius 3 is 2.54 bits per heavy atom. The molecule has 2 heterocycles. The molecule has 0 bridgehead atoms. The van der Waals surface area contributed by atoms with Crippen LogP contribution in [0.25, 0.3) is 10.9 Å². The lowest BCUT2D eigenvalue weighted by Gasteiger charge is -2.34. The molecule has 146 valence electrons. The van der Waals surface area contributed by atoms with E-state index in [4.69, 9.17) is 0 Å². The first kappa shape index (κ1) is 18.7. The van der Waals surface area contributed by atoms with Crippen molar-refractivity contribution >= 4 is 16.8 Å². The van der Waals surface area contributed by atoms with E-state index in [1.54, 1.807) is 0 Å². The first-order chi connectivity index (χ1) is 13.7. The van der Waals surface area contributed by atoms with Crippen LogP contribution in [0.1, 0.15) is 24.0 Å². The Morgan fingerprint density at radius 2 is 1.75 bits per heavy atom. The van der Waals surface area contributed by atoms with Gasteiger partial charge in [0.1, 0.15) is 5.82 Å². The second-order valence-corrected chi connectivity index (χ2v) is 7.50. The van der Waals surface area contributed by atoms with Gasteiger partial charge >= 0.3 is 0 Å². The van der Waals surface area contributed by atoms with E-state index < -0.39 is 0 Å². The summed E-state index contributed by atoms with van der Waals surface area (Å²) in [6, 6.07) is 15.0. The quantitative estimate of drug-likeness (QED) is 0.704. The standard InChI is InChI=1S/C23H26FN3O/c24-20-10-8-18(9-11-20)17-26-12-14-27(15-13-26)23(28)7-3-4-19-16-25-22-6-2-1-5-21(19)22/h1-2,5-6,8-11,16,25H,3-4,7,12-15,17H2. The Hall–Kier alpha value is -2.66. The second-order valence-electron chi connectivity index (χ2n) is 7.50. The summed E-state index contributed by atoms with van der Waals surface area (Å²) in [6.07, 6.45) is 4.44. The number of piperazine rings is 1. The predicted octanol–water partition coefficient (Wildman–Crippen LogP) is 3.97. The average molecular weight is 379 g/mol. The van der Waals surface area contributed by atoms with Gasteiger partial charge in [-0.3, -0.25) is 9.69 Å². The van der Waals surface area contributed by atoms with E-state index >= 15 is 0 Å². The van der Waals surface area contributed by atoms with E-state index in [-0.39, 0.29) is 11.7 Å². The summed E-state index contributed by atoms with van der Waals surface area (Å²) in [6.45, 7) is 4.08. The summed E-state index contributed by atoms with van der Waals surface area (Å²) in [5.41, 5.74) is 3.55. The van der Waals surface area contributed by atoms with Crippen molar-refractivity contribution in [3.8, 4) is 0 Å². The maximum atomic E-state index is 13.0. The number of hydrogen-bond acceptors (Lipinski definition) is 2. The van der Waals surface area contributed by atoms with Crippen LogP contribution in [0.15, 0.2) is 54.7 Å². The SMILES string of the molecule is O=C(CCCc1c[nH]c2ccccc12)N1CCN(Cc2ccc(F)cc2)CC1. The number of halogens is 1. The van der Waals surface area contributed by atoms with E-state index in [1.165, 1.54) is 23.1 Å². The Kier molecular flexibility index (Phi) is 5.72. The molecule has 5 heteroatoms. The van der Waals surface area contributed by atoms with Gasteiger partial charge in [-0.2, -0.15) is 0 Å².